The summed E-state index contributed by atoms with van der Waals surface area (Å²) < 4.78 is 0. The Morgan fingerprint density at radius 1 is 1.00 bits per heavy atom. The third-order valence-corrected chi connectivity index (χ3v) is 3.79. The largest absolute Gasteiger partial charge is 0.321 e. The molecule has 1 fully saturated rings. The highest BCUT2D eigenvalue weighted by atomic mass is 35.5. The van der Waals surface area contributed by atoms with Crippen LogP contribution >= 0.6 is 11.6 Å². The zero-order valence-corrected chi connectivity index (χ0v) is 13.2. The Hall–Kier alpha value is -2.59. The molecule has 0 spiro atoms. The summed E-state index contributed by atoms with van der Waals surface area (Å²) in [5.74, 6) is 0.271. The minimum absolute atomic E-state index is 0.205. The second kappa shape index (κ2) is 7.11. The lowest BCUT2D eigenvalue weighted by Crippen LogP contribution is -2.25. The summed E-state index contributed by atoms with van der Waals surface area (Å²) in [5, 5.41) is 6.31. The Balaban J connectivity index is 1.65. The number of benzene rings is 2. The molecule has 5 heteroatoms. The van der Waals surface area contributed by atoms with Crippen LogP contribution in [0.1, 0.15) is 11.1 Å². The summed E-state index contributed by atoms with van der Waals surface area (Å²) in [5.41, 5.74) is 2.45. The molecular weight excluding hydrogens is 310 g/mol. The van der Waals surface area contributed by atoms with Crippen molar-refractivity contribution in [2.24, 2.45) is 4.99 Å². The molecule has 4 nitrogen and oxygen atoms in total. The summed E-state index contributed by atoms with van der Waals surface area (Å²) in [6.07, 6.45) is 2.54. The van der Waals surface area contributed by atoms with Crippen molar-refractivity contribution in [1.29, 1.82) is 0 Å². The molecule has 1 aliphatic heterocycles. The molecule has 0 atom stereocenters. The second-order valence-corrected chi connectivity index (χ2v) is 5.53. The van der Waals surface area contributed by atoms with Crippen LogP contribution in [0.3, 0.4) is 0 Å². The first-order valence-electron chi connectivity index (χ1n) is 7.35. The molecule has 1 saturated heterocycles. The molecule has 3 rings (SSSR count). The van der Waals surface area contributed by atoms with Crippen molar-refractivity contribution in [3.05, 3.63) is 76.4 Å². The maximum Gasteiger partial charge on any atom is 0.274 e. The molecule has 23 heavy (non-hydrogen) atoms. The summed E-state index contributed by atoms with van der Waals surface area (Å²) in [6.45, 7) is 0.603. The smallest absolute Gasteiger partial charge is 0.274 e. The Bertz CT molecular complexity index is 769. The zero-order valence-electron chi connectivity index (χ0n) is 12.4. The van der Waals surface area contributed by atoms with Crippen LogP contribution in [0, 0.1) is 0 Å². The van der Waals surface area contributed by atoms with Crippen LogP contribution in [0.15, 0.2) is 65.3 Å². The summed E-state index contributed by atoms with van der Waals surface area (Å²) in [6, 6.07) is 17.5. The van der Waals surface area contributed by atoms with Crippen LogP contribution in [-0.2, 0) is 11.2 Å². The fourth-order valence-corrected chi connectivity index (χ4v) is 2.45. The number of carbonyl (C=O) groups is 1. The van der Waals surface area contributed by atoms with Crippen molar-refractivity contribution in [3.8, 4) is 0 Å². The average molecular weight is 326 g/mol. The van der Waals surface area contributed by atoms with Gasteiger partial charge in [-0.1, -0.05) is 60.1 Å². The number of amides is 1. The van der Waals surface area contributed by atoms with Gasteiger partial charge in [0.25, 0.3) is 5.91 Å². The molecule has 0 aliphatic carbocycles. The van der Waals surface area contributed by atoms with Crippen molar-refractivity contribution in [2.75, 3.05) is 6.54 Å². The predicted octanol–water partition coefficient (Wildman–Crippen LogP) is 3.00. The number of halogens is 1. The SMILES string of the molecule is O=C1NC(=NCCc2ccccc2)N/C1=C\c1ccccc1Cl. The Kier molecular flexibility index (Phi) is 4.74. The molecule has 1 aliphatic rings. The van der Waals surface area contributed by atoms with Gasteiger partial charge in [0, 0.05) is 11.6 Å². The third kappa shape index (κ3) is 3.99. The highest BCUT2D eigenvalue weighted by Crippen LogP contribution is 2.18. The molecule has 0 radical (unpaired) electrons. The molecule has 116 valence electrons. The highest BCUT2D eigenvalue weighted by molar-refractivity contribution is 6.32. The third-order valence-electron chi connectivity index (χ3n) is 3.45. The number of nitrogens with one attached hydrogen (secondary N) is 2. The standard InChI is InChI=1S/C18H16ClN3O/c19-15-9-5-4-8-14(15)12-16-17(23)22-18(21-16)20-11-10-13-6-2-1-3-7-13/h1-9,12H,10-11H2,(H2,20,21,22,23)/b16-12-. The van der Waals surface area contributed by atoms with Crippen LogP contribution in [-0.4, -0.2) is 18.4 Å². The summed E-state index contributed by atoms with van der Waals surface area (Å²) in [7, 11) is 0. The molecule has 0 aromatic heterocycles. The molecule has 0 unspecified atom stereocenters. The van der Waals surface area contributed by atoms with E-state index < -0.39 is 0 Å². The predicted molar refractivity (Wildman–Crippen MR) is 93.2 cm³/mol. The number of hydrogen-bond donors (Lipinski definition) is 2. The van der Waals surface area contributed by atoms with Gasteiger partial charge in [0.05, 0.1) is 0 Å². The van der Waals surface area contributed by atoms with Crippen molar-refractivity contribution in [2.45, 2.75) is 6.42 Å². The molecule has 1 amide bonds. The van der Waals surface area contributed by atoms with E-state index in [0.717, 1.165) is 12.0 Å². The van der Waals surface area contributed by atoms with Gasteiger partial charge in [-0.25, -0.2) is 0 Å². The van der Waals surface area contributed by atoms with E-state index in [1.807, 2.05) is 36.4 Å². The van der Waals surface area contributed by atoms with E-state index in [2.05, 4.69) is 27.8 Å². The first kappa shape index (κ1) is 15.3. The molecular formula is C18H16ClN3O. The Morgan fingerprint density at radius 3 is 2.52 bits per heavy atom. The van der Waals surface area contributed by atoms with Crippen LogP contribution in [0.5, 0.6) is 0 Å². The van der Waals surface area contributed by atoms with Gasteiger partial charge in [-0.05, 0) is 29.7 Å². The number of guanidine groups is 1. The van der Waals surface area contributed by atoms with Crippen molar-refractivity contribution < 1.29 is 4.79 Å². The van der Waals surface area contributed by atoms with Crippen molar-refractivity contribution in [3.63, 3.8) is 0 Å². The zero-order chi connectivity index (χ0) is 16.1. The minimum atomic E-state index is -0.205. The van der Waals surface area contributed by atoms with E-state index >= 15 is 0 Å². The molecule has 1 heterocycles. The monoisotopic (exact) mass is 325 g/mol. The molecule has 2 aromatic carbocycles. The van der Waals surface area contributed by atoms with Gasteiger partial charge in [0.2, 0.25) is 5.96 Å². The van der Waals surface area contributed by atoms with Crippen molar-refractivity contribution >= 4 is 29.5 Å². The molecule has 2 N–H and O–H groups in total. The van der Waals surface area contributed by atoms with Crippen LogP contribution < -0.4 is 10.6 Å². The van der Waals surface area contributed by atoms with E-state index in [-0.39, 0.29) is 5.91 Å². The average Bonchev–Trinajstić information content (AvgIpc) is 2.90. The minimum Gasteiger partial charge on any atom is -0.321 e. The second-order valence-electron chi connectivity index (χ2n) is 5.12. The number of aliphatic imine (C=N–C) groups is 1. The maximum atomic E-state index is 12.0. The Morgan fingerprint density at radius 2 is 1.74 bits per heavy atom. The molecule has 0 saturated carbocycles. The van der Waals surface area contributed by atoms with E-state index in [0.29, 0.717) is 23.2 Å². The quantitative estimate of drug-likeness (QED) is 0.849. The van der Waals surface area contributed by atoms with Crippen LogP contribution in [0.2, 0.25) is 5.02 Å². The number of hydrogen-bond acceptors (Lipinski definition) is 2. The molecule has 2 aromatic rings. The van der Waals surface area contributed by atoms with E-state index in [4.69, 9.17) is 11.6 Å². The highest BCUT2D eigenvalue weighted by Gasteiger charge is 2.21. The fourth-order valence-electron chi connectivity index (χ4n) is 2.26. The van der Waals surface area contributed by atoms with E-state index in [1.54, 1.807) is 12.1 Å². The van der Waals surface area contributed by atoms with Gasteiger partial charge in [-0.15, -0.1) is 0 Å². The lowest BCUT2D eigenvalue weighted by Gasteiger charge is -2.00. The van der Waals surface area contributed by atoms with E-state index in [9.17, 15) is 4.79 Å². The number of nitrogens with zero attached hydrogens (tertiary/aromatic N) is 1. The lowest BCUT2D eigenvalue weighted by atomic mass is 10.2. The van der Waals surface area contributed by atoms with E-state index in [1.165, 1.54) is 5.56 Å². The van der Waals surface area contributed by atoms with Gasteiger partial charge in [-0.2, -0.15) is 0 Å². The Labute approximate surface area is 139 Å². The van der Waals surface area contributed by atoms with Gasteiger partial charge in [0.1, 0.15) is 5.70 Å². The topological polar surface area (TPSA) is 53.5 Å². The fraction of sp³-hybridized carbons (Fsp3) is 0.111. The van der Waals surface area contributed by atoms with Crippen molar-refractivity contribution in [1.82, 2.24) is 10.6 Å². The summed E-state index contributed by atoms with van der Waals surface area (Å²) in [4.78, 5) is 16.4. The molecule has 0 bridgehead atoms. The van der Waals surface area contributed by atoms with Crippen LogP contribution in [0.25, 0.3) is 6.08 Å². The van der Waals surface area contributed by atoms with Gasteiger partial charge in [-0.3, -0.25) is 15.1 Å². The van der Waals surface area contributed by atoms with Gasteiger partial charge >= 0.3 is 0 Å². The maximum absolute atomic E-state index is 12.0. The van der Waals surface area contributed by atoms with Gasteiger partial charge in [0.15, 0.2) is 0 Å². The summed E-state index contributed by atoms with van der Waals surface area (Å²) >= 11 is 6.10. The first-order chi connectivity index (χ1) is 11.2. The normalized spacial score (nSPS) is 17.3. The van der Waals surface area contributed by atoms with Crippen LogP contribution in [0.4, 0.5) is 0 Å². The number of rotatable bonds is 4. The first-order valence-corrected chi connectivity index (χ1v) is 7.73. The lowest BCUT2D eigenvalue weighted by molar-refractivity contribution is -0.115. The number of carbonyl (C=O) groups excluding carboxylic acids is 1. The van der Waals surface area contributed by atoms with Gasteiger partial charge < -0.3 is 5.32 Å².